The van der Waals surface area contributed by atoms with Crippen LogP contribution in [0, 0.1) is 11.3 Å². The van der Waals surface area contributed by atoms with Crippen LogP contribution in [0.1, 0.15) is 37.6 Å². The molecule has 7 heteroatoms. The van der Waals surface area contributed by atoms with Crippen molar-refractivity contribution in [1.29, 1.82) is 0 Å². The van der Waals surface area contributed by atoms with Gasteiger partial charge in [0.05, 0.1) is 10.6 Å². The van der Waals surface area contributed by atoms with Gasteiger partial charge >= 0.3 is 0 Å². The van der Waals surface area contributed by atoms with Crippen molar-refractivity contribution in [2.24, 2.45) is 11.3 Å². The summed E-state index contributed by atoms with van der Waals surface area (Å²) in [4.78, 5) is 15.7. The van der Waals surface area contributed by atoms with E-state index in [0.717, 1.165) is 17.7 Å². The molecule has 0 spiro atoms. The molecule has 2 aromatic rings. The molecule has 1 aliphatic carbocycles. The van der Waals surface area contributed by atoms with Gasteiger partial charge < -0.3 is 9.32 Å². The van der Waals surface area contributed by atoms with Gasteiger partial charge in [0, 0.05) is 19.0 Å². The molecule has 0 N–H and O–H groups in total. The molecule has 1 amide bonds. The number of aromatic nitrogens is 2. The molecule has 0 saturated heterocycles. The summed E-state index contributed by atoms with van der Waals surface area (Å²) < 4.78 is 5.75. The number of nitrogens with zero attached hydrogens (tertiary/aromatic N) is 3. The van der Waals surface area contributed by atoms with Gasteiger partial charge in [0.2, 0.25) is 5.91 Å². The summed E-state index contributed by atoms with van der Waals surface area (Å²) >= 11 is 3.05. The van der Waals surface area contributed by atoms with E-state index in [9.17, 15) is 4.79 Å². The maximum absolute atomic E-state index is 11.7. The Hall–Kier alpha value is -1.34. The van der Waals surface area contributed by atoms with Gasteiger partial charge in [0.25, 0.3) is 11.1 Å². The van der Waals surface area contributed by atoms with E-state index in [1.165, 1.54) is 28.6 Å². The zero-order valence-electron chi connectivity index (χ0n) is 15.5. The first-order valence-electron chi connectivity index (χ1n) is 8.52. The van der Waals surface area contributed by atoms with Gasteiger partial charge in [-0.15, -0.1) is 21.5 Å². The first kappa shape index (κ1) is 18.5. The van der Waals surface area contributed by atoms with Gasteiger partial charge in [0.15, 0.2) is 0 Å². The Morgan fingerprint density at radius 1 is 1.40 bits per heavy atom. The molecule has 0 unspecified atom stereocenters. The Morgan fingerprint density at radius 3 is 2.84 bits per heavy atom. The summed E-state index contributed by atoms with van der Waals surface area (Å²) in [5.41, 5.74) is 1.77. The minimum atomic E-state index is 0.0320. The van der Waals surface area contributed by atoms with Crippen LogP contribution in [-0.4, -0.2) is 40.9 Å². The summed E-state index contributed by atoms with van der Waals surface area (Å²) in [7, 11) is 3.48. The van der Waals surface area contributed by atoms with E-state index in [1.807, 2.05) is 0 Å². The fraction of sp³-hybridized carbons (Fsp3) is 0.611. The van der Waals surface area contributed by atoms with Crippen LogP contribution in [0.15, 0.2) is 15.7 Å². The Bertz CT molecular complexity index is 759. The third-order valence-corrected chi connectivity index (χ3v) is 6.77. The van der Waals surface area contributed by atoms with Crippen molar-refractivity contribution in [1.82, 2.24) is 15.1 Å². The molecule has 0 fully saturated rings. The maximum atomic E-state index is 11.7. The molecule has 1 atom stereocenters. The predicted octanol–water partition coefficient (Wildman–Crippen LogP) is 4.13. The number of amides is 1. The number of fused-ring (bicyclic) bond motifs is 1. The second-order valence-electron chi connectivity index (χ2n) is 7.81. The van der Waals surface area contributed by atoms with Crippen molar-refractivity contribution in [2.45, 2.75) is 45.3 Å². The highest BCUT2D eigenvalue weighted by atomic mass is 32.2. The third-order valence-electron chi connectivity index (χ3n) is 4.74. The average Bonchev–Trinajstić information content (AvgIpc) is 3.17. The number of rotatable bonds is 4. The highest BCUT2D eigenvalue weighted by Gasteiger charge is 2.30. The fourth-order valence-electron chi connectivity index (χ4n) is 2.99. The van der Waals surface area contributed by atoms with Gasteiger partial charge in [-0.1, -0.05) is 32.5 Å². The zero-order chi connectivity index (χ0) is 18.2. The molecular weight excluding hydrogens is 354 g/mol. The number of thioether (sulfide) groups is 1. The molecule has 3 rings (SSSR count). The second-order valence-corrected chi connectivity index (χ2v) is 9.88. The minimum absolute atomic E-state index is 0.0320. The first-order valence-corrected chi connectivity index (χ1v) is 10.3. The normalized spacial score (nSPS) is 17.4. The van der Waals surface area contributed by atoms with Crippen LogP contribution in [0.25, 0.3) is 10.8 Å². The second kappa shape index (κ2) is 7.11. The van der Waals surface area contributed by atoms with E-state index in [4.69, 9.17) is 4.42 Å². The highest BCUT2D eigenvalue weighted by molar-refractivity contribution is 7.99. The lowest BCUT2D eigenvalue weighted by atomic mass is 9.72. The number of hydrogen-bond donors (Lipinski definition) is 0. The smallest absolute Gasteiger partial charge is 0.277 e. The molecule has 0 bridgehead atoms. The van der Waals surface area contributed by atoms with E-state index in [1.54, 1.807) is 30.3 Å². The van der Waals surface area contributed by atoms with Crippen molar-refractivity contribution in [2.75, 3.05) is 19.8 Å². The molecule has 0 aromatic carbocycles. The number of thiophene rings is 1. The zero-order valence-corrected chi connectivity index (χ0v) is 17.1. The SMILES string of the molecule is CN(C)C(=O)CSc1nnc(-c2cc3c(s2)CC[C@H](C(C)(C)C)C3)o1. The molecule has 0 radical (unpaired) electrons. The first-order chi connectivity index (χ1) is 11.7. The van der Waals surface area contributed by atoms with Gasteiger partial charge in [-0.2, -0.15) is 0 Å². The van der Waals surface area contributed by atoms with E-state index in [0.29, 0.717) is 28.2 Å². The molecule has 1 aliphatic rings. The van der Waals surface area contributed by atoms with Crippen molar-refractivity contribution < 1.29 is 9.21 Å². The van der Waals surface area contributed by atoms with Crippen molar-refractivity contribution >= 4 is 29.0 Å². The lowest BCUT2D eigenvalue weighted by Gasteiger charge is -2.33. The number of hydrogen-bond acceptors (Lipinski definition) is 6. The molecular formula is C18H25N3O2S2. The van der Waals surface area contributed by atoms with E-state index in [-0.39, 0.29) is 5.91 Å². The Balaban J connectivity index is 1.70. The average molecular weight is 380 g/mol. The van der Waals surface area contributed by atoms with Crippen LogP contribution < -0.4 is 0 Å². The lowest BCUT2D eigenvalue weighted by molar-refractivity contribution is -0.125. The molecule has 25 heavy (non-hydrogen) atoms. The predicted molar refractivity (Wildman–Crippen MR) is 102 cm³/mol. The van der Waals surface area contributed by atoms with E-state index >= 15 is 0 Å². The highest BCUT2D eigenvalue weighted by Crippen LogP contribution is 2.42. The van der Waals surface area contributed by atoms with Crippen LogP contribution in [0.4, 0.5) is 0 Å². The van der Waals surface area contributed by atoms with Crippen molar-refractivity contribution in [3.63, 3.8) is 0 Å². The van der Waals surface area contributed by atoms with Crippen LogP contribution in [0.2, 0.25) is 0 Å². The van der Waals surface area contributed by atoms with Crippen LogP contribution in [0.3, 0.4) is 0 Å². The summed E-state index contributed by atoms with van der Waals surface area (Å²) in [6.45, 7) is 6.98. The molecule has 2 heterocycles. The summed E-state index contributed by atoms with van der Waals surface area (Å²) in [6.07, 6.45) is 3.51. The summed E-state index contributed by atoms with van der Waals surface area (Å²) in [5.74, 6) is 1.62. The quantitative estimate of drug-likeness (QED) is 0.748. The minimum Gasteiger partial charge on any atom is -0.410 e. The number of carbonyl (C=O) groups is 1. The van der Waals surface area contributed by atoms with Crippen LogP contribution >= 0.6 is 23.1 Å². The maximum Gasteiger partial charge on any atom is 0.277 e. The molecule has 0 saturated carbocycles. The summed E-state index contributed by atoms with van der Waals surface area (Å²) in [5, 5.41) is 8.68. The van der Waals surface area contributed by atoms with E-state index in [2.05, 4.69) is 37.0 Å². The van der Waals surface area contributed by atoms with Crippen LogP contribution in [-0.2, 0) is 17.6 Å². The summed E-state index contributed by atoms with van der Waals surface area (Å²) in [6, 6.07) is 2.21. The Morgan fingerprint density at radius 2 is 2.16 bits per heavy atom. The molecule has 136 valence electrons. The largest absolute Gasteiger partial charge is 0.410 e. The molecule has 5 nitrogen and oxygen atoms in total. The van der Waals surface area contributed by atoms with Gasteiger partial charge in [-0.25, -0.2) is 0 Å². The fourth-order valence-corrected chi connectivity index (χ4v) is 4.86. The van der Waals surface area contributed by atoms with Crippen molar-refractivity contribution in [3.8, 4) is 10.8 Å². The van der Waals surface area contributed by atoms with Gasteiger partial charge in [-0.3, -0.25) is 4.79 Å². The molecule has 0 aliphatic heterocycles. The Kier molecular flexibility index (Phi) is 5.25. The Labute approximate surface area is 157 Å². The topological polar surface area (TPSA) is 59.2 Å². The van der Waals surface area contributed by atoms with Gasteiger partial charge in [-0.05, 0) is 42.2 Å². The number of carbonyl (C=O) groups excluding carboxylic acids is 1. The third kappa shape index (κ3) is 4.26. The van der Waals surface area contributed by atoms with Crippen LogP contribution in [0.5, 0.6) is 0 Å². The monoisotopic (exact) mass is 379 g/mol. The lowest BCUT2D eigenvalue weighted by Crippen LogP contribution is -2.26. The standard InChI is InChI=1S/C18H25N3O2S2/c1-18(2,3)12-6-7-13-11(8-12)9-14(25-13)16-19-20-17(23-16)24-10-15(22)21(4)5/h9,12H,6-8,10H2,1-5H3/t12-/m0/s1. The number of aryl methyl sites for hydroxylation is 1. The van der Waals surface area contributed by atoms with E-state index < -0.39 is 0 Å². The van der Waals surface area contributed by atoms with Gasteiger partial charge in [0.1, 0.15) is 0 Å². The molecule has 2 aromatic heterocycles. The van der Waals surface area contributed by atoms with Crippen molar-refractivity contribution in [3.05, 3.63) is 16.5 Å².